The highest BCUT2D eigenvalue weighted by Gasteiger charge is 2.04. The fourth-order valence-corrected chi connectivity index (χ4v) is 1.65. The summed E-state index contributed by atoms with van der Waals surface area (Å²) in [6.07, 6.45) is 2.07. The maximum absolute atomic E-state index is 10.7. The quantitative estimate of drug-likeness (QED) is 0.812. The third-order valence-corrected chi connectivity index (χ3v) is 2.47. The Morgan fingerprint density at radius 3 is 2.56 bits per heavy atom. The molecule has 1 heterocycles. The van der Waals surface area contributed by atoms with Crippen molar-refractivity contribution in [2.75, 3.05) is 0 Å². The minimum Gasteiger partial charge on any atom is -0.369 e. The number of primary amides is 1. The van der Waals surface area contributed by atoms with Crippen LogP contribution in [0.15, 0.2) is 30.5 Å². The van der Waals surface area contributed by atoms with Gasteiger partial charge in [-0.05, 0) is 18.1 Å². The molecule has 1 aromatic carbocycles. The lowest BCUT2D eigenvalue weighted by Crippen LogP contribution is -2.13. The Bertz CT molecular complexity index is 499. The number of amides is 1. The lowest BCUT2D eigenvalue weighted by molar-refractivity contribution is -0.117. The van der Waals surface area contributed by atoms with Crippen molar-refractivity contribution in [1.82, 2.24) is 10.2 Å². The van der Waals surface area contributed by atoms with Gasteiger partial charge in [0.15, 0.2) is 0 Å². The van der Waals surface area contributed by atoms with Crippen LogP contribution in [0.2, 0.25) is 0 Å². The summed E-state index contributed by atoms with van der Waals surface area (Å²) in [5.41, 5.74) is 9.24. The van der Waals surface area contributed by atoms with Crippen molar-refractivity contribution in [2.45, 2.75) is 13.3 Å². The lowest BCUT2D eigenvalue weighted by atomic mass is 10.0. The molecule has 0 aliphatic carbocycles. The molecule has 4 heteroatoms. The predicted octanol–water partition coefficient (Wildman–Crippen LogP) is 1.41. The van der Waals surface area contributed by atoms with Crippen LogP contribution in [0.1, 0.15) is 11.3 Å². The maximum atomic E-state index is 10.7. The molecule has 0 aliphatic rings. The number of H-pyrrole nitrogens is 1. The number of nitrogens with two attached hydrogens (primary N) is 1. The first-order valence-corrected chi connectivity index (χ1v) is 5.04. The first-order valence-electron chi connectivity index (χ1n) is 5.04. The highest BCUT2D eigenvalue weighted by molar-refractivity contribution is 5.77. The van der Waals surface area contributed by atoms with Gasteiger partial charge in [-0.15, -0.1) is 0 Å². The van der Waals surface area contributed by atoms with Crippen LogP contribution in [0.4, 0.5) is 0 Å². The van der Waals surface area contributed by atoms with Crippen molar-refractivity contribution < 1.29 is 4.79 Å². The number of benzene rings is 1. The zero-order valence-electron chi connectivity index (χ0n) is 9.03. The second-order valence-electron chi connectivity index (χ2n) is 3.75. The van der Waals surface area contributed by atoms with E-state index in [1.165, 1.54) is 0 Å². The smallest absolute Gasteiger partial charge is 0.221 e. The second kappa shape index (κ2) is 4.18. The number of carbonyl (C=O) groups is 1. The molecule has 0 radical (unpaired) electrons. The van der Waals surface area contributed by atoms with Gasteiger partial charge in [0.25, 0.3) is 0 Å². The topological polar surface area (TPSA) is 71.8 Å². The summed E-state index contributed by atoms with van der Waals surface area (Å²) >= 11 is 0. The van der Waals surface area contributed by atoms with Crippen molar-refractivity contribution in [3.8, 4) is 11.1 Å². The van der Waals surface area contributed by atoms with E-state index in [2.05, 4.69) is 10.2 Å². The molecule has 82 valence electrons. The average Bonchev–Trinajstić information content (AvgIpc) is 2.65. The molecule has 0 atom stereocenters. The Morgan fingerprint density at radius 2 is 2.06 bits per heavy atom. The molecular formula is C12H13N3O. The van der Waals surface area contributed by atoms with E-state index in [1.807, 2.05) is 31.2 Å². The van der Waals surface area contributed by atoms with Crippen molar-refractivity contribution >= 4 is 5.91 Å². The molecule has 0 spiro atoms. The molecule has 0 unspecified atom stereocenters. The Morgan fingerprint density at radius 1 is 1.38 bits per heavy atom. The van der Waals surface area contributed by atoms with E-state index in [-0.39, 0.29) is 12.3 Å². The Balaban J connectivity index is 2.26. The average molecular weight is 215 g/mol. The number of rotatable bonds is 3. The predicted molar refractivity (Wildman–Crippen MR) is 61.7 cm³/mol. The van der Waals surface area contributed by atoms with Crippen LogP contribution < -0.4 is 5.73 Å². The number of nitrogens with zero attached hydrogens (tertiary/aromatic N) is 1. The summed E-state index contributed by atoms with van der Waals surface area (Å²) in [4.78, 5) is 10.7. The molecule has 0 fully saturated rings. The van der Waals surface area contributed by atoms with Crippen molar-refractivity contribution in [2.24, 2.45) is 5.73 Å². The van der Waals surface area contributed by atoms with Crippen LogP contribution in [0.25, 0.3) is 11.1 Å². The maximum Gasteiger partial charge on any atom is 0.221 e. The fourth-order valence-electron chi connectivity index (χ4n) is 1.65. The number of aromatic amines is 1. The summed E-state index contributed by atoms with van der Waals surface area (Å²) < 4.78 is 0. The number of hydrogen-bond acceptors (Lipinski definition) is 2. The van der Waals surface area contributed by atoms with Crippen LogP contribution in [-0.2, 0) is 11.2 Å². The lowest BCUT2D eigenvalue weighted by Gasteiger charge is -2.01. The first kappa shape index (κ1) is 10.4. The molecule has 1 amide bonds. The van der Waals surface area contributed by atoms with Gasteiger partial charge in [-0.3, -0.25) is 9.89 Å². The highest BCUT2D eigenvalue weighted by Crippen LogP contribution is 2.21. The standard InChI is InChI=1S/C12H13N3O/c1-8-11(7-14-15-8)10-4-2-9(3-5-10)6-12(13)16/h2-5,7H,6H2,1H3,(H2,13,16)(H,14,15). The monoisotopic (exact) mass is 215 g/mol. The molecule has 0 saturated heterocycles. The zero-order valence-corrected chi connectivity index (χ0v) is 9.03. The van der Waals surface area contributed by atoms with E-state index in [9.17, 15) is 4.79 Å². The number of aryl methyl sites for hydroxylation is 1. The molecule has 0 aliphatic heterocycles. The van der Waals surface area contributed by atoms with Gasteiger partial charge in [0.05, 0.1) is 12.6 Å². The van der Waals surface area contributed by atoms with Crippen molar-refractivity contribution in [1.29, 1.82) is 0 Å². The molecule has 2 rings (SSSR count). The van der Waals surface area contributed by atoms with E-state index < -0.39 is 0 Å². The molecule has 16 heavy (non-hydrogen) atoms. The van der Waals surface area contributed by atoms with E-state index in [0.29, 0.717) is 0 Å². The number of nitrogens with one attached hydrogen (secondary N) is 1. The Kier molecular flexibility index (Phi) is 2.72. The van der Waals surface area contributed by atoms with Gasteiger partial charge in [0.2, 0.25) is 5.91 Å². The third-order valence-electron chi connectivity index (χ3n) is 2.47. The van der Waals surface area contributed by atoms with E-state index in [1.54, 1.807) is 6.20 Å². The van der Waals surface area contributed by atoms with Gasteiger partial charge in [-0.25, -0.2) is 0 Å². The van der Waals surface area contributed by atoms with Crippen LogP contribution in [0.5, 0.6) is 0 Å². The SMILES string of the molecule is Cc1[nH]ncc1-c1ccc(CC(N)=O)cc1. The summed E-state index contributed by atoms with van der Waals surface area (Å²) in [7, 11) is 0. The van der Waals surface area contributed by atoms with Crippen molar-refractivity contribution in [3.63, 3.8) is 0 Å². The summed E-state index contributed by atoms with van der Waals surface area (Å²) in [5.74, 6) is -0.313. The fraction of sp³-hybridized carbons (Fsp3) is 0.167. The first-order chi connectivity index (χ1) is 7.66. The molecule has 2 aromatic rings. The van der Waals surface area contributed by atoms with E-state index in [0.717, 1.165) is 22.4 Å². The number of aromatic nitrogens is 2. The van der Waals surface area contributed by atoms with Crippen molar-refractivity contribution in [3.05, 3.63) is 41.7 Å². The van der Waals surface area contributed by atoms with Gasteiger partial charge in [-0.2, -0.15) is 5.10 Å². The normalized spacial score (nSPS) is 10.3. The van der Waals surface area contributed by atoms with Gasteiger partial charge in [0.1, 0.15) is 0 Å². The molecule has 0 saturated carbocycles. The summed E-state index contributed by atoms with van der Waals surface area (Å²) in [6.45, 7) is 1.97. The molecule has 1 aromatic heterocycles. The summed E-state index contributed by atoms with van der Waals surface area (Å²) in [6, 6.07) is 7.76. The highest BCUT2D eigenvalue weighted by atomic mass is 16.1. The minimum absolute atomic E-state index is 0.282. The van der Waals surface area contributed by atoms with E-state index in [4.69, 9.17) is 5.73 Å². The Hall–Kier alpha value is -2.10. The van der Waals surface area contributed by atoms with Gasteiger partial charge in [0, 0.05) is 11.3 Å². The summed E-state index contributed by atoms with van der Waals surface area (Å²) in [5, 5.41) is 6.86. The second-order valence-corrected chi connectivity index (χ2v) is 3.75. The molecule has 0 bridgehead atoms. The van der Waals surface area contributed by atoms with E-state index >= 15 is 0 Å². The molecule has 4 nitrogen and oxygen atoms in total. The van der Waals surface area contributed by atoms with Gasteiger partial charge < -0.3 is 5.73 Å². The van der Waals surface area contributed by atoms with Crippen LogP contribution >= 0.6 is 0 Å². The van der Waals surface area contributed by atoms with Crippen LogP contribution in [0, 0.1) is 6.92 Å². The Labute approximate surface area is 93.5 Å². The van der Waals surface area contributed by atoms with Gasteiger partial charge in [-0.1, -0.05) is 24.3 Å². The van der Waals surface area contributed by atoms with Crippen LogP contribution in [-0.4, -0.2) is 16.1 Å². The molecule has 3 N–H and O–H groups in total. The third kappa shape index (κ3) is 2.11. The number of hydrogen-bond donors (Lipinski definition) is 2. The largest absolute Gasteiger partial charge is 0.369 e. The van der Waals surface area contributed by atoms with Gasteiger partial charge >= 0.3 is 0 Å². The minimum atomic E-state index is -0.313. The zero-order chi connectivity index (χ0) is 11.5. The van der Waals surface area contributed by atoms with Crippen LogP contribution in [0.3, 0.4) is 0 Å². The number of carbonyl (C=O) groups excluding carboxylic acids is 1. The molecular weight excluding hydrogens is 202 g/mol.